The predicted octanol–water partition coefficient (Wildman–Crippen LogP) is 4.75. The largest absolute Gasteiger partial charge is 0.494 e. The zero-order chi connectivity index (χ0) is 14.5. The van der Waals surface area contributed by atoms with Crippen molar-refractivity contribution < 1.29 is 4.74 Å². The van der Waals surface area contributed by atoms with Gasteiger partial charge in [0.2, 0.25) is 0 Å². The molecule has 1 aromatic heterocycles. The lowest BCUT2D eigenvalue weighted by atomic mass is 10.2. The van der Waals surface area contributed by atoms with Crippen LogP contribution < -0.4 is 4.74 Å². The number of aromatic nitrogens is 2. The van der Waals surface area contributed by atoms with Crippen LogP contribution in [0, 0.1) is 3.57 Å². The van der Waals surface area contributed by atoms with Crippen LogP contribution in [0.15, 0.2) is 24.3 Å². The molecule has 0 saturated heterocycles. The maximum absolute atomic E-state index is 6.16. The van der Waals surface area contributed by atoms with Gasteiger partial charge in [-0.1, -0.05) is 25.4 Å². The molecular formula is C15H16ClIN2O. The molecule has 1 aromatic carbocycles. The first-order valence-electron chi connectivity index (χ1n) is 6.60. The summed E-state index contributed by atoms with van der Waals surface area (Å²) in [5, 5.41) is 0.513. The van der Waals surface area contributed by atoms with Crippen molar-refractivity contribution in [3.05, 3.63) is 38.7 Å². The van der Waals surface area contributed by atoms with E-state index < -0.39 is 0 Å². The minimum absolute atomic E-state index is 0.513. The molecule has 0 unspecified atom stereocenters. The molecule has 0 N–H and O–H groups in total. The highest BCUT2D eigenvalue weighted by atomic mass is 127. The lowest BCUT2D eigenvalue weighted by Gasteiger charge is -2.08. The van der Waals surface area contributed by atoms with Gasteiger partial charge >= 0.3 is 0 Å². The number of rotatable bonds is 5. The lowest BCUT2D eigenvalue weighted by Crippen LogP contribution is -2.00. The Morgan fingerprint density at radius 2 is 1.85 bits per heavy atom. The van der Waals surface area contributed by atoms with Crippen LogP contribution in [-0.4, -0.2) is 16.6 Å². The number of ether oxygens (including phenoxy) is 1. The Kier molecular flexibility index (Phi) is 5.60. The molecule has 106 valence electrons. The van der Waals surface area contributed by atoms with Crippen molar-refractivity contribution >= 4 is 34.2 Å². The first kappa shape index (κ1) is 15.5. The van der Waals surface area contributed by atoms with Gasteiger partial charge in [0.1, 0.15) is 10.9 Å². The van der Waals surface area contributed by atoms with Crippen molar-refractivity contribution in [3.8, 4) is 17.1 Å². The van der Waals surface area contributed by atoms with Crippen molar-refractivity contribution in [2.45, 2.75) is 26.7 Å². The first-order valence-corrected chi connectivity index (χ1v) is 8.06. The van der Waals surface area contributed by atoms with E-state index in [4.69, 9.17) is 16.3 Å². The molecule has 1 heterocycles. The molecule has 0 spiro atoms. The van der Waals surface area contributed by atoms with Gasteiger partial charge in [-0.3, -0.25) is 0 Å². The molecule has 0 saturated carbocycles. The smallest absolute Gasteiger partial charge is 0.161 e. The SMILES string of the molecule is CCCOc1ccc(-c2nc(Cl)c(I)c(CC)n2)cc1. The third kappa shape index (κ3) is 3.61. The van der Waals surface area contributed by atoms with Gasteiger partial charge in [0.05, 0.1) is 15.9 Å². The zero-order valence-corrected chi connectivity index (χ0v) is 14.4. The van der Waals surface area contributed by atoms with Crippen molar-refractivity contribution in [2.24, 2.45) is 0 Å². The van der Waals surface area contributed by atoms with E-state index in [1.54, 1.807) is 0 Å². The summed E-state index contributed by atoms with van der Waals surface area (Å²) >= 11 is 8.35. The number of aryl methyl sites for hydroxylation is 1. The van der Waals surface area contributed by atoms with Gasteiger partial charge in [-0.15, -0.1) is 0 Å². The van der Waals surface area contributed by atoms with E-state index in [1.165, 1.54) is 0 Å². The molecule has 0 aliphatic heterocycles. The molecule has 2 aromatic rings. The van der Waals surface area contributed by atoms with E-state index in [9.17, 15) is 0 Å². The predicted molar refractivity (Wildman–Crippen MR) is 90.4 cm³/mol. The summed E-state index contributed by atoms with van der Waals surface area (Å²) < 4.78 is 6.49. The van der Waals surface area contributed by atoms with Crippen LogP contribution in [0.4, 0.5) is 0 Å². The van der Waals surface area contributed by atoms with Crippen LogP contribution in [0.2, 0.25) is 5.15 Å². The van der Waals surface area contributed by atoms with E-state index in [2.05, 4.69) is 46.4 Å². The number of benzene rings is 1. The summed E-state index contributed by atoms with van der Waals surface area (Å²) in [7, 11) is 0. The van der Waals surface area contributed by atoms with Crippen molar-refractivity contribution in [3.63, 3.8) is 0 Å². The van der Waals surface area contributed by atoms with Crippen molar-refractivity contribution in [1.29, 1.82) is 0 Å². The summed E-state index contributed by atoms with van der Waals surface area (Å²) in [5.41, 5.74) is 1.92. The summed E-state index contributed by atoms with van der Waals surface area (Å²) in [6.45, 7) is 4.87. The zero-order valence-electron chi connectivity index (χ0n) is 11.5. The van der Waals surface area contributed by atoms with Crippen molar-refractivity contribution in [1.82, 2.24) is 9.97 Å². The van der Waals surface area contributed by atoms with E-state index in [1.807, 2.05) is 24.3 Å². The van der Waals surface area contributed by atoms with Crippen molar-refractivity contribution in [2.75, 3.05) is 6.61 Å². The molecule has 0 atom stereocenters. The average molecular weight is 403 g/mol. The maximum Gasteiger partial charge on any atom is 0.161 e. The van der Waals surface area contributed by atoms with E-state index in [0.29, 0.717) is 11.0 Å². The number of halogens is 2. The molecule has 3 nitrogen and oxygen atoms in total. The van der Waals surface area contributed by atoms with Gasteiger partial charge in [0, 0.05) is 5.56 Å². The standard InChI is InChI=1S/C15H16ClIN2O/c1-3-9-20-11-7-5-10(6-8-11)15-18-12(4-2)13(17)14(16)19-15/h5-8H,3-4,9H2,1-2H3. The number of nitrogens with zero attached hydrogens (tertiary/aromatic N) is 2. The highest BCUT2D eigenvalue weighted by Gasteiger charge is 2.10. The van der Waals surface area contributed by atoms with Crippen LogP contribution in [0.25, 0.3) is 11.4 Å². The van der Waals surface area contributed by atoms with Crippen LogP contribution in [0.5, 0.6) is 5.75 Å². The van der Waals surface area contributed by atoms with Gasteiger partial charge < -0.3 is 4.74 Å². The second-order valence-electron chi connectivity index (χ2n) is 4.33. The van der Waals surface area contributed by atoms with Gasteiger partial charge in [0.15, 0.2) is 5.82 Å². The highest BCUT2D eigenvalue weighted by molar-refractivity contribution is 14.1. The Bertz CT molecular complexity index is 587. The van der Waals surface area contributed by atoms with Gasteiger partial charge in [0.25, 0.3) is 0 Å². The van der Waals surface area contributed by atoms with E-state index >= 15 is 0 Å². The number of hydrogen-bond donors (Lipinski definition) is 0. The second-order valence-corrected chi connectivity index (χ2v) is 5.76. The number of hydrogen-bond acceptors (Lipinski definition) is 3. The van der Waals surface area contributed by atoms with Gasteiger partial charge in [-0.25, -0.2) is 9.97 Å². The Hall–Kier alpha value is -0.880. The minimum Gasteiger partial charge on any atom is -0.494 e. The Balaban J connectivity index is 2.29. The molecule has 0 aliphatic carbocycles. The van der Waals surface area contributed by atoms with Gasteiger partial charge in [-0.05, 0) is 59.7 Å². The quantitative estimate of drug-likeness (QED) is 0.534. The molecular weight excluding hydrogens is 387 g/mol. The molecule has 0 aliphatic rings. The Labute approximate surface area is 137 Å². The lowest BCUT2D eigenvalue weighted by molar-refractivity contribution is 0.317. The fraction of sp³-hybridized carbons (Fsp3) is 0.333. The van der Waals surface area contributed by atoms with Gasteiger partial charge in [-0.2, -0.15) is 0 Å². The summed E-state index contributed by atoms with van der Waals surface area (Å²) in [6, 6.07) is 7.80. The van der Waals surface area contributed by atoms with Crippen LogP contribution >= 0.6 is 34.2 Å². The minimum atomic E-state index is 0.513. The average Bonchev–Trinajstić information content (AvgIpc) is 2.48. The molecule has 0 bridgehead atoms. The molecule has 0 amide bonds. The fourth-order valence-corrected chi connectivity index (χ4v) is 2.56. The summed E-state index contributed by atoms with van der Waals surface area (Å²) in [6.07, 6.45) is 1.84. The summed E-state index contributed by atoms with van der Waals surface area (Å²) in [5.74, 6) is 1.53. The first-order chi connectivity index (χ1) is 9.65. The third-order valence-corrected chi connectivity index (χ3v) is 4.53. The monoisotopic (exact) mass is 402 g/mol. The van der Waals surface area contributed by atoms with E-state index in [0.717, 1.165) is 40.0 Å². The Morgan fingerprint density at radius 1 is 1.15 bits per heavy atom. The molecule has 0 fully saturated rings. The molecule has 0 radical (unpaired) electrons. The maximum atomic E-state index is 6.16. The topological polar surface area (TPSA) is 35.0 Å². The van der Waals surface area contributed by atoms with Crippen LogP contribution in [-0.2, 0) is 6.42 Å². The van der Waals surface area contributed by atoms with E-state index in [-0.39, 0.29) is 0 Å². The fourth-order valence-electron chi connectivity index (χ4n) is 1.75. The van der Waals surface area contributed by atoms with Crippen LogP contribution in [0.3, 0.4) is 0 Å². The normalized spacial score (nSPS) is 10.6. The molecule has 20 heavy (non-hydrogen) atoms. The molecule has 2 rings (SSSR count). The molecule has 5 heteroatoms. The Morgan fingerprint density at radius 3 is 2.45 bits per heavy atom. The summed E-state index contributed by atoms with van der Waals surface area (Å²) in [4.78, 5) is 8.92. The van der Waals surface area contributed by atoms with Crippen LogP contribution in [0.1, 0.15) is 26.0 Å². The second kappa shape index (κ2) is 7.22. The highest BCUT2D eigenvalue weighted by Crippen LogP contribution is 2.25. The third-order valence-electron chi connectivity index (χ3n) is 2.80.